The zero-order valence-electron chi connectivity index (χ0n) is 14.2. The Morgan fingerprint density at radius 3 is 2.24 bits per heavy atom. The number of aryl methyl sites for hydroxylation is 1. The van der Waals surface area contributed by atoms with E-state index in [4.69, 9.17) is 14.0 Å². The van der Waals surface area contributed by atoms with Crippen LogP contribution in [-0.4, -0.2) is 25.3 Å². The molecule has 0 aliphatic carbocycles. The smallest absolute Gasteiger partial charge is 0.294 e. The Balaban J connectivity index is 1.79. The zero-order chi connectivity index (χ0) is 17.8. The van der Waals surface area contributed by atoms with Gasteiger partial charge in [0.1, 0.15) is 17.2 Å². The second-order valence-corrected chi connectivity index (χ2v) is 5.50. The zero-order valence-corrected chi connectivity index (χ0v) is 14.2. The second-order valence-electron chi connectivity index (χ2n) is 5.50. The summed E-state index contributed by atoms with van der Waals surface area (Å²) < 4.78 is 15.6. The molecule has 0 unspecified atom stereocenters. The molecule has 2 aromatic carbocycles. The van der Waals surface area contributed by atoms with Crippen LogP contribution in [0.4, 0.5) is 5.69 Å². The van der Waals surface area contributed by atoms with Crippen LogP contribution < -0.4 is 14.8 Å². The minimum atomic E-state index is -0.402. The van der Waals surface area contributed by atoms with Gasteiger partial charge in [0.05, 0.1) is 14.2 Å². The van der Waals surface area contributed by atoms with E-state index in [2.05, 4.69) is 10.5 Å². The Labute approximate surface area is 145 Å². The summed E-state index contributed by atoms with van der Waals surface area (Å²) in [5.41, 5.74) is 3.18. The molecule has 1 N–H and O–H groups in total. The average molecular weight is 338 g/mol. The lowest BCUT2D eigenvalue weighted by molar-refractivity contribution is 0.0988. The average Bonchev–Trinajstić information content (AvgIpc) is 3.12. The molecule has 0 aliphatic heterocycles. The van der Waals surface area contributed by atoms with E-state index in [-0.39, 0.29) is 5.76 Å². The van der Waals surface area contributed by atoms with Crippen LogP contribution in [0.25, 0.3) is 11.3 Å². The topological polar surface area (TPSA) is 73.6 Å². The predicted molar refractivity (Wildman–Crippen MR) is 94.2 cm³/mol. The molecular formula is C19H18N2O4. The van der Waals surface area contributed by atoms with Crippen LogP contribution in [0.1, 0.15) is 16.1 Å². The van der Waals surface area contributed by atoms with E-state index in [1.54, 1.807) is 38.5 Å². The van der Waals surface area contributed by atoms with Crippen molar-refractivity contribution in [3.05, 3.63) is 59.9 Å². The van der Waals surface area contributed by atoms with Crippen LogP contribution in [0, 0.1) is 6.92 Å². The first-order chi connectivity index (χ1) is 12.1. The van der Waals surface area contributed by atoms with Crippen molar-refractivity contribution in [2.75, 3.05) is 19.5 Å². The largest absolute Gasteiger partial charge is 0.497 e. The number of nitrogens with zero attached hydrogens (tertiary/aromatic N) is 1. The van der Waals surface area contributed by atoms with E-state index in [0.29, 0.717) is 22.9 Å². The Bertz CT molecular complexity index is 862. The van der Waals surface area contributed by atoms with Crippen LogP contribution in [0.3, 0.4) is 0 Å². The number of carbonyl (C=O) groups excluding carboxylic acids is 1. The van der Waals surface area contributed by atoms with Gasteiger partial charge in [-0.1, -0.05) is 35.0 Å². The highest BCUT2D eigenvalue weighted by Crippen LogP contribution is 2.26. The lowest BCUT2D eigenvalue weighted by Crippen LogP contribution is -2.11. The van der Waals surface area contributed by atoms with Crippen molar-refractivity contribution in [1.29, 1.82) is 0 Å². The molecule has 3 aromatic rings. The van der Waals surface area contributed by atoms with Crippen LogP contribution in [0.2, 0.25) is 0 Å². The van der Waals surface area contributed by atoms with Gasteiger partial charge in [0.2, 0.25) is 5.76 Å². The summed E-state index contributed by atoms with van der Waals surface area (Å²) in [6.07, 6.45) is 0. The summed E-state index contributed by atoms with van der Waals surface area (Å²) in [6.45, 7) is 2.01. The van der Waals surface area contributed by atoms with Gasteiger partial charge in [-0.25, -0.2) is 0 Å². The van der Waals surface area contributed by atoms with Crippen molar-refractivity contribution in [2.24, 2.45) is 0 Å². The Morgan fingerprint density at radius 2 is 1.64 bits per heavy atom. The molecule has 0 radical (unpaired) electrons. The van der Waals surface area contributed by atoms with Gasteiger partial charge in [-0.15, -0.1) is 0 Å². The maximum Gasteiger partial charge on any atom is 0.294 e. The number of ether oxygens (including phenoxy) is 2. The predicted octanol–water partition coefficient (Wildman–Crippen LogP) is 3.92. The fourth-order valence-electron chi connectivity index (χ4n) is 2.31. The number of hydrogen-bond acceptors (Lipinski definition) is 5. The van der Waals surface area contributed by atoms with Crippen LogP contribution in [0.5, 0.6) is 11.5 Å². The van der Waals surface area contributed by atoms with Crippen molar-refractivity contribution in [3.63, 3.8) is 0 Å². The number of benzene rings is 2. The summed E-state index contributed by atoms with van der Waals surface area (Å²) in [6, 6.07) is 14.5. The van der Waals surface area contributed by atoms with Crippen LogP contribution in [0.15, 0.2) is 53.1 Å². The summed E-state index contributed by atoms with van der Waals surface area (Å²) in [4.78, 5) is 12.4. The van der Waals surface area contributed by atoms with E-state index < -0.39 is 5.91 Å². The highest BCUT2D eigenvalue weighted by atomic mass is 16.5. The number of amides is 1. The van der Waals surface area contributed by atoms with Crippen molar-refractivity contribution in [1.82, 2.24) is 5.16 Å². The molecule has 0 fully saturated rings. The molecule has 6 heteroatoms. The third-order valence-corrected chi connectivity index (χ3v) is 3.69. The van der Waals surface area contributed by atoms with Crippen molar-refractivity contribution >= 4 is 11.6 Å². The molecule has 1 aromatic heterocycles. The SMILES string of the molecule is COc1cc(NC(=O)c2cc(-c3ccc(C)cc3)no2)cc(OC)c1. The van der Waals surface area contributed by atoms with E-state index in [1.807, 2.05) is 31.2 Å². The number of rotatable bonds is 5. The van der Waals surface area contributed by atoms with Gasteiger partial charge in [0.15, 0.2) is 0 Å². The molecule has 6 nitrogen and oxygen atoms in total. The molecule has 0 atom stereocenters. The molecule has 1 heterocycles. The summed E-state index contributed by atoms with van der Waals surface area (Å²) in [7, 11) is 3.09. The van der Waals surface area contributed by atoms with Gasteiger partial charge < -0.3 is 19.3 Å². The maximum absolute atomic E-state index is 12.4. The maximum atomic E-state index is 12.4. The van der Waals surface area contributed by atoms with Gasteiger partial charge in [-0.3, -0.25) is 4.79 Å². The Morgan fingerprint density at radius 1 is 1.00 bits per heavy atom. The third kappa shape index (κ3) is 3.80. The minimum Gasteiger partial charge on any atom is -0.497 e. The normalized spacial score (nSPS) is 10.4. The highest BCUT2D eigenvalue weighted by molar-refractivity contribution is 6.03. The van der Waals surface area contributed by atoms with Crippen molar-refractivity contribution < 1.29 is 18.8 Å². The molecule has 0 bridgehead atoms. The first kappa shape index (κ1) is 16.6. The number of hydrogen-bond donors (Lipinski definition) is 1. The van der Waals surface area contributed by atoms with Crippen LogP contribution >= 0.6 is 0 Å². The minimum absolute atomic E-state index is 0.123. The first-order valence-electron chi connectivity index (χ1n) is 7.67. The lowest BCUT2D eigenvalue weighted by Gasteiger charge is -2.08. The quantitative estimate of drug-likeness (QED) is 0.763. The molecule has 3 rings (SSSR count). The van der Waals surface area contributed by atoms with Gasteiger partial charge in [-0.2, -0.15) is 0 Å². The lowest BCUT2D eigenvalue weighted by atomic mass is 10.1. The molecule has 0 saturated heterocycles. The number of anilines is 1. The van der Waals surface area contributed by atoms with Crippen molar-refractivity contribution in [2.45, 2.75) is 6.92 Å². The number of carbonyl (C=O) groups is 1. The third-order valence-electron chi connectivity index (χ3n) is 3.69. The number of aromatic nitrogens is 1. The molecule has 0 saturated carbocycles. The molecule has 0 spiro atoms. The summed E-state index contributed by atoms with van der Waals surface area (Å²) >= 11 is 0. The van der Waals surface area contributed by atoms with E-state index in [9.17, 15) is 4.79 Å². The first-order valence-corrected chi connectivity index (χ1v) is 7.67. The number of nitrogens with one attached hydrogen (secondary N) is 1. The fourth-order valence-corrected chi connectivity index (χ4v) is 2.31. The second kappa shape index (κ2) is 7.09. The summed E-state index contributed by atoms with van der Waals surface area (Å²) in [5.74, 6) is 0.874. The van der Waals surface area contributed by atoms with E-state index in [1.165, 1.54) is 0 Å². The Hall–Kier alpha value is -3.28. The van der Waals surface area contributed by atoms with Gasteiger partial charge in [-0.05, 0) is 6.92 Å². The van der Waals surface area contributed by atoms with E-state index in [0.717, 1.165) is 11.1 Å². The summed E-state index contributed by atoms with van der Waals surface area (Å²) in [5, 5.41) is 6.71. The highest BCUT2D eigenvalue weighted by Gasteiger charge is 2.15. The van der Waals surface area contributed by atoms with E-state index >= 15 is 0 Å². The fraction of sp³-hybridized carbons (Fsp3) is 0.158. The van der Waals surface area contributed by atoms with Crippen molar-refractivity contribution in [3.8, 4) is 22.8 Å². The monoisotopic (exact) mass is 338 g/mol. The van der Waals surface area contributed by atoms with Gasteiger partial charge in [0, 0.05) is 35.5 Å². The Kier molecular flexibility index (Phi) is 4.70. The van der Waals surface area contributed by atoms with Gasteiger partial charge >= 0.3 is 0 Å². The molecular weight excluding hydrogens is 320 g/mol. The molecule has 0 aliphatic rings. The van der Waals surface area contributed by atoms with Gasteiger partial charge in [0.25, 0.3) is 5.91 Å². The molecule has 25 heavy (non-hydrogen) atoms. The molecule has 1 amide bonds. The van der Waals surface area contributed by atoms with Crippen LogP contribution in [-0.2, 0) is 0 Å². The standard InChI is InChI=1S/C19H18N2O4/c1-12-4-6-13(7-5-12)17-11-18(25-21-17)19(22)20-14-8-15(23-2)10-16(9-14)24-3/h4-11H,1-3H3,(H,20,22). The number of methoxy groups -OCH3 is 2. The molecule has 128 valence electrons.